The van der Waals surface area contributed by atoms with Gasteiger partial charge >= 0.3 is 0 Å². The molecule has 0 saturated heterocycles. The van der Waals surface area contributed by atoms with Crippen LogP contribution in [0, 0.1) is 57.7 Å². The summed E-state index contributed by atoms with van der Waals surface area (Å²) in [5, 5.41) is 0. The van der Waals surface area contributed by atoms with Crippen molar-refractivity contribution < 1.29 is 4.79 Å². The van der Waals surface area contributed by atoms with E-state index in [-0.39, 0.29) is 10.8 Å². The zero-order valence-corrected chi connectivity index (χ0v) is 22.7. The number of carbonyl (C=O) groups excluding carboxylic acids is 1. The van der Waals surface area contributed by atoms with Gasteiger partial charge in [-0.2, -0.15) is 0 Å². The van der Waals surface area contributed by atoms with Gasteiger partial charge in [0.05, 0.1) is 0 Å². The molecule has 0 unspecified atom stereocenters. The Hall–Kier alpha value is -0.590. The Balaban J connectivity index is 1.36. The molecule has 5 aliphatic rings. The molecular formula is C32H52O. The molecule has 4 saturated carbocycles. The predicted octanol–water partition coefficient (Wildman–Crippen LogP) is 9.01. The Morgan fingerprint density at radius 3 is 2.48 bits per heavy atom. The molecular weight excluding hydrogens is 400 g/mol. The summed E-state index contributed by atoms with van der Waals surface area (Å²) in [6.45, 7) is 14.9. The number of hydrogen-bond acceptors (Lipinski definition) is 1. The predicted molar refractivity (Wildman–Crippen MR) is 139 cm³/mol. The minimum absolute atomic E-state index is 0.0755. The quantitative estimate of drug-likeness (QED) is 0.406. The highest BCUT2D eigenvalue weighted by molar-refractivity contribution is 6.02. The van der Waals surface area contributed by atoms with Gasteiger partial charge in [0.1, 0.15) is 0 Å². The first-order chi connectivity index (χ1) is 15.6. The Morgan fingerprint density at radius 2 is 1.73 bits per heavy atom. The van der Waals surface area contributed by atoms with E-state index in [0.29, 0.717) is 23.0 Å². The van der Waals surface area contributed by atoms with Crippen molar-refractivity contribution in [1.82, 2.24) is 0 Å². The molecule has 0 radical (unpaired) electrons. The molecule has 0 aromatic rings. The van der Waals surface area contributed by atoms with Crippen LogP contribution in [0.3, 0.4) is 0 Å². The van der Waals surface area contributed by atoms with E-state index < -0.39 is 0 Å². The second kappa shape index (κ2) is 8.51. The molecule has 186 valence electrons. The van der Waals surface area contributed by atoms with Gasteiger partial charge in [0.15, 0.2) is 5.78 Å². The molecule has 33 heavy (non-hydrogen) atoms. The van der Waals surface area contributed by atoms with Gasteiger partial charge in [0.2, 0.25) is 0 Å². The van der Waals surface area contributed by atoms with E-state index in [2.05, 4.69) is 47.6 Å². The first-order valence-electron chi connectivity index (χ1n) is 14.9. The van der Waals surface area contributed by atoms with Crippen LogP contribution in [0.1, 0.15) is 125 Å². The number of Topliss-reactive ketones (excluding diaryl/α,β-unsaturated/α-hetero) is 1. The lowest BCUT2D eigenvalue weighted by molar-refractivity contribution is -0.157. The van der Waals surface area contributed by atoms with Crippen LogP contribution in [0.25, 0.3) is 0 Å². The molecule has 5 aliphatic carbocycles. The van der Waals surface area contributed by atoms with E-state index in [1.165, 1.54) is 82.6 Å². The summed E-state index contributed by atoms with van der Waals surface area (Å²) in [4.78, 5) is 14.2. The van der Waals surface area contributed by atoms with E-state index in [9.17, 15) is 4.79 Å². The molecule has 9 atom stereocenters. The van der Waals surface area contributed by atoms with Crippen molar-refractivity contribution in [2.45, 2.75) is 125 Å². The second-order valence-corrected chi connectivity index (χ2v) is 14.6. The number of rotatable bonds is 5. The highest BCUT2D eigenvalue weighted by Gasteiger charge is 2.64. The lowest BCUT2D eigenvalue weighted by Crippen LogP contribution is -2.59. The maximum absolute atomic E-state index is 14.2. The molecule has 0 N–H and O–H groups in total. The first-order valence-corrected chi connectivity index (χ1v) is 14.9. The summed E-state index contributed by atoms with van der Waals surface area (Å²) in [7, 11) is 0. The fourth-order valence-electron chi connectivity index (χ4n) is 10.7. The van der Waals surface area contributed by atoms with Crippen molar-refractivity contribution in [3.05, 3.63) is 11.6 Å². The standard InChI is InChI=1S/C32H52O/c1-21(2)10-9-11-22(3)25-15-16-26-24-14-13-23-20-30(4)18-8-7-12-28(30)29(33)32(23,6)27(24)17-19-31(25,26)5/h12,21-27H,7-11,13-20H2,1-6H3/t22-,23+,24+,25-,26+,27+,30-,31-,32+/m1/s1. The van der Waals surface area contributed by atoms with Gasteiger partial charge in [-0.15, -0.1) is 0 Å². The molecule has 1 nitrogen and oxygen atoms in total. The van der Waals surface area contributed by atoms with E-state index >= 15 is 0 Å². The van der Waals surface area contributed by atoms with Crippen LogP contribution in [0.15, 0.2) is 11.6 Å². The largest absolute Gasteiger partial charge is 0.294 e. The van der Waals surface area contributed by atoms with Crippen molar-refractivity contribution >= 4 is 5.78 Å². The second-order valence-electron chi connectivity index (χ2n) is 14.6. The molecule has 0 heterocycles. The molecule has 0 spiro atoms. The molecule has 0 aromatic carbocycles. The van der Waals surface area contributed by atoms with E-state index in [4.69, 9.17) is 0 Å². The molecule has 0 bridgehead atoms. The fourth-order valence-corrected chi connectivity index (χ4v) is 10.7. The van der Waals surface area contributed by atoms with Gasteiger partial charge in [0, 0.05) is 5.41 Å². The molecule has 5 rings (SSSR count). The summed E-state index contributed by atoms with van der Waals surface area (Å²) >= 11 is 0. The summed E-state index contributed by atoms with van der Waals surface area (Å²) in [6.07, 6.45) is 19.8. The maximum Gasteiger partial charge on any atom is 0.165 e. The number of fused-ring (bicyclic) bond motifs is 6. The summed E-state index contributed by atoms with van der Waals surface area (Å²) < 4.78 is 0. The van der Waals surface area contributed by atoms with Crippen LogP contribution in [0.2, 0.25) is 0 Å². The molecule has 0 amide bonds. The zero-order valence-electron chi connectivity index (χ0n) is 22.7. The van der Waals surface area contributed by atoms with Crippen LogP contribution >= 0.6 is 0 Å². The first kappa shape index (κ1) is 24.1. The monoisotopic (exact) mass is 452 g/mol. The van der Waals surface area contributed by atoms with Crippen LogP contribution < -0.4 is 0 Å². The Bertz CT molecular complexity index is 792. The lowest BCUT2D eigenvalue weighted by Gasteiger charge is -2.62. The van der Waals surface area contributed by atoms with Crippen molar-refractivity contribution in [3.63, 3.8) is 0 Å². The average molecular weight is 453 g/mol. The normalized spacial score (nSPS) is 47.9. The van der Waals surface area contributed by atoms with Gasteiger partial charge in [-0.25, -0.2) is 0 Å². The average Bonchev–Trinajstić information content (AvgIpc) is 3.12. The third-order valence-electron chi connectivity index (χ3n) is 12.5. The third-order valence-corrected chi connectivity index (χ3v) is 12.5. The fraction of sp³-hybridized carbons (Fsp3) is 0.906. The van der Waals surface area contributed by atoms with Crippen LogP contribution in [-0.2, 0) is 4.79 Å². The van der Waals surface area contributed by atoms with Gasteiger partial charge in [0.25, 0.3) is 0 Å². The van der Waals surface area contributed by atoms with E-state index in [1.807, 2.05) is 0 Å². The Kier molecular flexibility index (Phi) is 6.22. The molecule has 1 heteroatoms. The topological polar surface area (TPSA) is 17.1 Å². The van der Waals surface area contributed by atoms with Gasteiger partial charge in [-0.1, -0.05) is 66.9 Å². The van der Waals surface area contributed by atoms with E-state index in [1.54, 1.807) is 0 Å². The third kappa shape index (κ3) is 3.64. The van der Waals surface area contributed by atoms with Crippen molar-refractivity contribution in [1.29, 1.82) is 0 Å². The van der Waals surface area contributed by atoms with Gasteiger partial charge in [-0.3, -0.25) is 4.79 Å². The Labute approximate surface area is 204 Å². The summed E-state index contributed by atoms with van der Waals surface area (Å²) in [5.41, 5.74) is 1.88. The molecule has 0 aliphatic heterocycles. The SMILES string of the molecule is CC(C)CCC[C@@H](C)[C@H]1CC[C@H]2[C@@H]3CC[C@H]4C[C@@]5(C)CCCC=C5C(=O)[C@]4(C)[C@H]3CC[C@]12C. The summed E-state index contributed by atoms with van der Waals surface area (Å²) in [6, 6.07) is 0. The maximum atomic E-state index is 14.2. The summed E-state index contributed by atoms with van der Waals surface area (Å²) in [5.74, 6) is 6.15. The van der Waals surface area contributed by atoms with Crippen molar-refractivity contribution in [3.8, 4) is 0 Å². The van der Waals surface area contributed by atoms with Crippen molar-refractivity contribution in [2.75, 3.05) is 0 Å². The Morgan fingerprint density at radius 1 is 0.939 bits per heavy atom. The number of ketones is 1. The zero-order chi connectivity index (χ0) is 23.6. The van der Waals surface area contributed by atoms with Gasteiger partial charge < -0.3 is 0 Å². The highest BCUT2D eigenvalue weighted by Crippen LogP contribution is 2.69. The van der Waals surface area contributed by atoms with Crippen LogP contribution in [-0.4, -0.2) is 5.78 Å². The van der Waals surface area contributed by atoms with Crippen LogP contribution in [0.5, 0.6) is 0 Å². The molecule has 4 fully saturated rings. The highest BCUT2D eigenvalue weighted by atomic mass is 16.1. The number of hydrogen-bond donors (Lipinski definition) is 0. The number of carbonyl (C=O) groups is 1. The lowest BCUT2D eigenvalue weighted by atomic mass is 9.41. The minimum Gasteiger partial charge on any atom is -0.294 e. The number of allylic oxidation sites excluding steroid dienone is 2. The van der Waals surface area contributed by atoms with Crippen molar-refractivity contribution in [2.24, 2.45) is 57.7 Å². The van der Waals surface area contributed by atoms with E-state index in [0.717, 1.165) is 36.0 Å². The molecule has 0 aromatic heterocycles. The van der Waals surface area contributed by atoms with Gasteiger partial charge in [-0.05, 0) is 122 Å². The smallest absolute Gasteiger partial charge is 0.165 e. The van der Waals surface area contributed by atoms with Crippen LogP contribution in [0.4, 0.5) is 0 Å². The minimum atomic E-state index is -0.0755.